The molecule has 2 aromatic rings. The van der Waals surface area contributed by atoms with E-state index in [-0.39, 0.29) is 5.92 Å². The zero-order valence-electron chi connectivity index (χ0n) is 26.3. The van der Waals surface area contributed by atoms with Crippen molar-refractivity contribution in [1.82, 2.24) is 10.3 Å². The van der Waals surface area contributed by atoms with Crippen LogP contribution in [0.1, 0.15) is 93.1 Å². The SMILES string of the molecule is C=C(CC)N/C=C/CCCC1=CC(C)=C(C(=C)C(C)C=Cc2cnc(Cc3ccc(C4=CCCCC#C4)cc3)s2)C(=C)C1. The molecule has 1 atom stereocenters. The van der Waals surface area contributed by atoms with Crippen LogP contribution in [-0.4, -0.2) is 4.98 Å². The Labute approximate surface area is 264 Å². The number of unbranched alkanes of at least 4 members (excludes halogenated alkanes) is 1. The van der Waals surface area contributed by atoms with Gasteiger partial charge in [-0.25, -0.2) is 4.98 Å². The fourth-order valence-electron chi connectivity index (χ4n) is 5.40. The highest BCUT2D eigenvalue weighted by Crippen LogP contribution is 2.37. The Hall–Kier alpha value is -3.87. The second kappa shape index (κ2) is 16.1. The van der Waals surface area contributed by atoms with Crippen molar-refractivity contribution in [1.29, 1.82) is 0 Å². The van der Waals surface area contributed by atoms with Crippen LogP contribution in [0, 0.1) is 17.8 Å². The van der Waals surface area contributed by atoms with Crippen molar-refractivity contribution in [2.75, 3.05) is 0 Å². The molecule has 1 N–H and O–H groups in total. The van der Waals surface area contributed by atoms with E-state index < -0.39 is 0 Å². The Morgan fingerprint density at radius 1 is 1.21 bits per heavy atom. The molecule has 222 valence electrons. The van der Waals surface area contributed by atoms with E-state index in [1.54, 1.807) is 11.3 Å². The van der Waals surface area contributed by atoms with Gasteiger partial charge < -0.3 is 5.32 Å². The van der Waals surface area contributed by atoms with E-state index in [1.165, 1.54) is 38.3 Å². The molecule has 0 bridgehead atoms. The molecule has 2 aliphatic carbocycles. The van der Waals surface area contributed by atoms with Crippen LogP contribution in [0.15, 0.2) is 114 Å². The van der Waals surface area contributed by atoms with Gasteiger partial charge in [0.1, 0.15) is 0 Å². The van der Waals surface area contributed by atoms with E-state index >= 15 is 0 Å². The van der Waals surface area contributed by atoms with E-state index in [0.29, 0.717) is 0 Å². The summed E-state index contributed by atoms with van der Waals surface area (Å²) in [6.07, 6.45) is 24.5. The molecule has 0 radical (unpaired) electrons. The maximum atomic E-state index is 4.70. The Bertz CT molecular complexity index is 1540. The second-order valence-electron chi connectivity index (χ2n) is 11.6. The first-order valence-corrected chi connectivity index (χ1v) is 16.4. The molecule has 4 rings (SSSR count). The highest BCUT2D eigenvalue weighted by molar-refractivity contribution is 7.12. The van der Waals surface area contributed by atoms with Crippen LogP contribution in [0.4, 0.5) is 0 Å². The minimum absolute atomic E-state index is 0.214. The molecule has 1 heterocycles. The van der Waals surface area contributed by atoms with Crippen LogP contribution in [0.2, 0.25) is 0 Å². The smallest absolute Gasteiger partial charge is 0.0974 e. The molecule has 0 spiro atoms. The molecular formula is C40H46N2S. The summed E-state index contributed by atoms with van der Waals surface area (Å²) in [6, 6.07) is 8.80. The Morgan fingerprint density at radius 2 is 2.02 bits per heavy atom. The summed E-state index contributed by atoms with van der Waals surface area (Å²) in [4.78, 5) is 5.87. The fourth-order valence-corrected chi connectivity index (χ4v) is 6.27. The quantitative estimate of drug-likeness (QED) is 0.176. The summed E-state index contributed by atoms with van der Waals surface area (Å²) in [5.74, 6) is 6.80. The van der Waals surface area contributed by atoms with Crippen LogP contribution in [0.5, 0.6) is 0 Å². The summed E-state index contributed by atoms with van der Waals surface area (Å²) in [5.41, 5.74) is 11.0. The van der Waals surface area contributed by atoms with Crippen molar-refractivity contribution in [3.05, 3.63) is 135 Å². The van der Waals surface area contributed by atoms with Crippen LogP contribution in [0.3, 0.4) is 0 Å². The predicted octanol–water partition coefficient (Wildman–Crippen LogP) is 10.9. The van der Waals surface area contributed by atoms with Gasteiger partial charge in [-0.15, -0.1) is 11.3 Å². The van der Waals surface area contributed by atoms with Crippen LogP contribution in [0.25, 0.3) is 11.6 Å². The van der Waals surface area contributed by atoms with Crippen LogP contribution >= 0.6 is 11.3 Å². The fraction of sp³-hybridized carbons (Fsp3) is 0.325. The van der Waals surface area contributed by atoms with Gasteiger partial charge in [-0.2, -0.15) is 0 Å². The minimum atomic E-state index is 0.214. The number of hydrogen-bond acceptors (Lipinski definition) is 3. The van der Waals surface area contributed by atoms with Gasteiger partial charge in [0.25, 0.3) is 0 Å². The number of thiazole rings is 1. The lowest BCUT2D eigenvalue weighted by molar-refractivity contribution is 0.794. The summed E-state index contributed by atoms with van der Waals surface area (Å²) in [7, 11) is 0. The van der Waals surface area contributed by atoms with Gasteiger partial charge >= 0.3 is 0 Å². The Morgan fingerprint density at radius 3 is 2.79 bits per heavy atom. The third-order valence-corrected chi connectivity index (χ3v) is 8.96. The lowest BCUT2D eigenvalue weighted by Crippen LogP contribution is -2.07. The standard InChI is InChI=1S/C40H46N2S/c1-7-32(5)41-24-14-10-11-15-35-25-30(3)40(31(4)26-35)33(6)29(2)18-23-38-28-42-39(43-38)27-34-19-21-37(22-20-34)36-16-12-8-9-13-17-36/h14,16,18-24,26,28-29,41H,3,5-12,15,25,27H2,1-2,4H3/b23-18?,24-14+. The molecule has 0 amide bonds. The monoisotopic (exact) mass is 586 g/mol. The van der Waals surface area contributed by atoms with Gasteiger partial charge in [0.2, 0.25) is 0 Å². The number of benzene rings is 1. The van der Waals surface area contributed by atoms with Crippen molar-refractivity contribution in [3.8, 4) is 11.8 Å². The van der Waals surface area contributed by atoms with E-state index in [4.69, 9.17) is 4.98 Å². The molecule has 43 heavy (non-hydrogen) atoms. The number of aromatic nitrogens is 1. The molecule has 1 aromatic heterocycles. The van der Waals surface area contributed by atoms with Gasteiger partial charge in [-0.3, -0.25) is 0 Å². The van der Waals surface area contributed by atoms with Crippen molar-refractivity contribution < 1.29 is 0 Å². The van der Waals surface area contributed by atoms with Crippen molar-refractivity contribution in [2.24, 2.45) is 5.92 Å². The maximum Gasteiger partial charge on any atom is 0.0974 e. The summed E-state index contributed by atoms with van der Waals surface area (Å²) in [5, 5.41) is 4.35. The molecule has 1 aromatic carbocycles. The first-order chi connectivity index (χ1) is 20.8. The number of nitrogens with one attached hydrogen (secondary N) is 1. The average molecular weight is 587 g/mol. The highest BCUT2D eigenvalue weighted by atomic mass is 32.1. The largest absolute Gasteiger partial charge is 0.366 e. The molecule has 0 saturated carbocycles. The normalized spacial score (nSPS) is 16.0. The molecular weight excluding hydrogens is 541 g/mol. The molecule has 0 fully saturated rings. The number of nitrogens with zero attached hydrogens (tertiary/aromatic N) is 1. The molecule has 3 heteroatoms. The second-order valence-corrected chi connectivity index (χ2v) is 12.7. The van der Waals surface area contributed by atoms with Crippen LogP contribution in [-0.2, 0) is 6.42 Å². The zero-order chi connectivity index (χ0) is 30.6. The third kappa shape index (κ3) is 9.57. The number of rotatable bonds is 14. The average Bonchev–Trinajstić information content (AvgIpc) is 3.26. The summed E-state index contributed by atoms with van der Waals surface area (Å²) < 4.78 is 0. The first kappa shape index (κ1) is 32.1. The summed E-state index contributed by atoms with van der Waals surface area (Å²) >= 11 is 1.75. The van der Waals surface area contributed by atoms with Gasteiger partial charge in [0, 0.05) is 35.2 Å². The molecule has 1 unspecified atom stereocenters. The zero-order valence-corrected chi connectivity index (χ0v) is 27.1. The topological polar surface area (TPSA) is 24.9 Å². The predicted molar refractivity (Wildman–Crippen MR) is 188 cm³/mol. The minimum Gasteiger partial charge on any atom is -0.366 e. The molecule has 2 aliphatic rings. The lowest BCUT2D eigenvalue weighted by Gasteiger charge is -2.24. The molecule has 0 aliphatic heterocycles. The molecule has 0 saturated heterocycles. The van der Waals surface area contributed by atoms with E-state index in [1.807, 2.05) is 12.4 Å². The van der Waals surface area contributed by atoms with E-state index in [2.05, 4.69) is 112 Å². The van der Waals surface area contributed by atoms with Crippen molar-refractivity contribution in [2.45, 2.75) is 78.6 Å². The Balaban J connectivity index is 1.30. The number of hydrogen-bond donors (Lipinski definition) is 1. The maximum absolute atomic E-state index is 4.70. The Kier molecular flexibility index (Phi) is 12.0. The summed E-state index contributed by atoms with van der Waals surface area (Å²) in [6.45, 7) is 19.4. The first-order valence-electron chi connectivity index (χ1n) is 15.6. The highest BCUT2D eigenvalue weighted by Gasteiger charge is 2.19. The number of allylic oxidation sites excluding steroid dienone is 11. The van der Waals surface area contributed by atoms with Crippen LogP contribution < -0.4 is 5.32 Å². The van der Waals surface area contributed by atoms with Gasteiger partial charge in [-0.1, -0.05) is 99.6 Å². The van der Waals surface area contributed by atoms with Gasteiger partial charge in [-0.05, 0) is 103 Å². The van der Waals surface area contributed by atoms with Crippen molar-refractivity contribution in [3.63, 3.8) is 0 Å². The van der Waals surface area contributed by atoms with E-state index in [0.717, 1.165) is 79.6 Å². The lowest BCUT2D eigenvalue weighted by atomic mass is 9.80. The molecule has 2 nitrogen and oxygen atoms in total. The third-order valence-electron chi connectivity index (χ3n) is 8.00. The van der Waals surface area contributed by atoms with Gasteiger partial charge in [0.15, 0.2) is 0 Å². The van der Waals surface area contributed by atoms with Crippen molar-refractivity contribution >= 4 is 23.0 Å². The van der Waals surface area contributed by atoms with Gasteiger partial charge in [0.05, 0.1) is 5.01 Å². The van der Waals surface area contributed by atoms with E-state index in [9.17, 15) is 0 Å².